The molecule has 0 unspecified atom stereocenters. The molecule has 2 aliphatic heterocycles. The Balaban J connectivity index is 1.43. The SMILES string of the molecule is O=C(O)C1=NN(c2ccccc2)C(=O)/C1=C\c1cc(Br)c2c(c1)[C@@H]1CCC[C@@H]1N2c1ccc(Br)cc1. The summed E-state index contributed by atoms with van der Waals surface area (Å²) in [5, 5.41) is 15.1. The van der Waals surface area contributed by atoms with Crippen molar-refractivity contribution in [2.75, 3.05) is 9.91 Å². The van der Waals surface area contributed by atoms with Gasteiger partial charge in [0.2, 0.25) is 0 Å². The molecule has 8 heteroatoms. The van der Waals surface area contributed by atoms with E-state index in [1.807, 2.05) is 12.1 Å². The van der Waals surface area contributed by atoms with Crippen molar-refractivity contribution in [3.63, 3.8) is 0 Å². The number of hydrogen-bond donors (Lipinski definition) is 1. The molecule has 3 aliphatic rings. The van der Waals surface area contributed by atoms with Gasteiger partial charge in [-0.05, 0) is 94.5 Å². The number of amides is 1. The number of carboxylic acid groups (broad SMARTS) is 1. The molecule has 1 saturated carbocycles. The predicted octanol–water partition coefficient (Wildman–Crippen LogP) is 6.87. The van der Waals surface area contributed by atoms with Crippen LogP contribution in [-0.2, 0) is 9.59 Å². The van der Waals surface area contributed by atoms with Crippen LogP contribution in [0.15, 0.2) is 86.3 Å². The van der Waals surface area contributed by atoms with E-state index in [4.69, 9.17) is 0 Å². The average molecular weight is 607 g/mol. The molecule has 1 N–H and O–H groups in total. The van der Waals surface area contributed by atoms with Crippen molar-refractivity contribution in [1.82, 2.24) is 0 Å². The molecule has 180 valence electrons. The topological polar surface area (TPSA) is 73.2 Å². The molecule has 0 bridgehead atoms. The first-order valence-electron chi connectivity index (χ1n) is 11.7. The zero-order valence-corrected chi connectivity index (χ0v) is 22.2. The van der Waals surface area contributed by atoms with Crippen LogP contribution in [0.4, 0.5) is 17.1 Å². The molecule has 0 aromatic heterocycles. The van der Waals surface area contributed by atoms with E-state index in [-0.39, 0.29) is 11.3 Å². The first kappa shape index (κ1) is 23.2. The van der Waals surface area contributed by atoms with Gasteiger partial charge in [-0.25, -0.2) is 4.79 Å². The Morgan fingerprint density at radius 1 is 1.00 bits per heavy atom. The first-order chi connectivity index (χ1) is 17.4. The third-order valence-corrected chi connectivity index (χ3v) is 8.20. The van der Waals surface area contributed by atoms with Gasteiger partial charge in [0.15, 0.2) is 5.71 Å². The normalized spacial score (nSPS) is 21.7. The molecule has 0 radical (unpaired) electrons. The van der Waals surface area contributed by atoms with Gasteiger partial charge in [-0.3, -0.25) is 4.79 Å². The molecule has 0 spiro atoms. The molecular formula is C28H21Br2N3O3. The second kappa shape index (κ2) is 9.01. The molecule has 2 heterocycles. The van der Waals surface area contributed by atoms with E-state index in [1.54, 1.807) is 30.3 Å². The summed E-state index contributed by atoms with van der Waals surface area (Å²) in [6.07, 6.45) is 5.01. The Hall–Kier alpha value is -3.23. The van der Waals surface area contributed by atoms with E-state index in [0.717, 1.165) is 50.2 Å². The van der Waals surface area contributed by atoms with E-state index in [0.29, 0.717) is 17.6 Å². The second-order valence-corrected chi connectivity index (χ2v) is 10.9. The zero-order valence-electron chi connectivity index (χ0n) is 19.1. The van der Waals surface area contributed by atoms with Gasteiger partial charge >= 0.3 is 5.97 Å². The molecule has 36 heavy (non-hydrogen) atoms. The maximum absolute atomic E-state index is 13.2. The molecule has 1 fully saturated rings. The highest BCUT2D eigenvalue weighted by atomic mass is 79.9. The fourth-order valence-corrected chi connectivity index (χ4v) is 6.52. The van der Waals surface area contributed by atoms with Crippen molar-refractivity contribution >= 4 is 72.6 Å². The first-order valence-corrected chi connectivity index (χ1v) is 13.3. The summed E-state index contributed by atoms with van der Waals surface area (Å²) in [4.78, 5) is 27.6. The van der Waals surface area contributed by atoms with Gasteiger partial charge in [0.1, 0.15) is 0 Å². The van der Waals surface area contributed by atoms with E-state index in [2.05, 4.69) is 72.2 Å². The third-order valence-electron chi connectivity index (χ3n) is 7.06. The Labute approximate surface area is 225 Å². The van der Waals surface area contributed by atoms with Gasteiger partial charge in [-0.15, -0.1) is 0 Å². The summed E-state index contributed by atoms with van der Waals surface area (Å²) < 4.78 is 1.96. The van der Waals surface area contributed by atoms with Crippen LogP contribution in [0, 0.1) is 0 Å². The quantitative estimate of drug-likeness (QED) is 0.329. The number of aliphatic carboxylic acids is 1. The Morgan fingerprint density at radius 2 is 1.75 bits per heavy atom. The molecular weight excluding hydrogens is 586 g/mol. The van der Waals surface area contributed by atoms with Gasteiger partial charge < -0.3 is 10.0 Å². The van der Waals surface area contributed by atoms with Crippen LogP contribution in [0.5, 0.6) is 0 Å². The Kier molecular flexibility index (Phi) is 5.80. The summed E-state index contributed by atoms with van der Waals surface area (Å²) in [5.74, 6) is -1.30. The van der Waals surface area contributed by atoms with Gasteiger partial charge in [0, 0.05) is 26.6 Å². The van der Waals surface area contributed by atoms with Crippen LogP contribution in [-0.4, -0.2) is 28.7 Å². The number of para-hydroxylation sites is 1. The number of nitrogens with zero attached hydrogens (tertiary/aromatic N) is 3. The lowest BCUT2D eigenvalue weighted by Crippen LogP contribution is -2.26. The summed E-state index contributed by atoms with van der Waals surface area (Å²) in [6.45, 7) is 0. The van der Waals surface area contributed by atoms with Gasteiger partial charge in [0.05, 0.1) is 16.9 Å². The Bertz CT molecular complexity index is 1450. The number of hydrazone groups is 1. The number of carbonyl (C=O) groups is 2. The molecule has 6 rings (SSSR count). The lowest BCUT2D eigenvalue weighted by molar-refractivity contribution is -0.129. The van der Waals surface area contributed by atoms with Gasteiger partial charge in [-0.1, -0.05) is 40.5 Å². The molecule has 2 atom stereocenters. The van der Waals surface area contributed by atoms with E-state index < -0.39 is 11.9 Å². The second-order valence-electron chi connectivity index (χ2n) is 9.16. The monoisotopic (exact) mass is 605 g/mol. The highest BCUT2D eigenvalue weighted by Gasteiger charge is 2.43. The number of halogens is 2. The minimum atomic E-state index is -1.23. The number of anilines is 3. The zero-order chi connectivity index (χ0) is 25.0. The summed E-state index contributed by atoms with van der Waals surface area (Å²) in [6, 6.07) is 21.7. The highest BCUT2D eigenvalue weighted by molar-refractivity contribution is 9.10. The molecule has 1 aliphatic carbocycles. The van der Waals surface area contributed by atoms with Crippen molar-refractivity contribution in [2.24, 2.45) is 5.10 Å². The van der Waals surface area contributed by atoms with Crippen molar-refractivity contribution in [2.45, 2.75) is 31.2 Å². The van der Waals surface area contributed by atoms with E-state index >= 15 is 0 Å². The largest absolute Gasteiger partial charge is 0.476 e. The van der Waals surface area contributed by atoms with Crippen LogP contribution in [0.3, 0.4) is 0 Å². The van der Waals surface area contributed by atoms with E-state index in [9.17, 15) is 14.7 Å². The lowest BCUT2D eigenvalue weighted by atomic mass is 9.95. The number of hydrogen-bond acceptors (Lipinski definition) is 4. The number of carboxylic acids is 1. The number of benzene rings is 3. The Morgan fingerprint density at radius 3 is 2.47 bits per heavy atom. The van der Waals surface area contributed by atoms with Crippen molar-refractivity contribution < 1.29 is 14.7 Å². The van der Waals surface area contributed by atoms with Crippen LogP contribution in [0.2, 0.25) is 0 Å². The minimum Gasteiger partial charge on any atom is -0.476 e. The van der Waals surface area contributed by atoms with Crippen molar-refractivity contribution in [3.8, 4) is 0 Å². The standard InChI is InChI=1S/C28H21Br2N3O3/c29-17-9-11-18(12-10-17)32-24-8-4-7-20(24)21-13-16(15-23(30)26(21)32)14-22-25(28(35)36)31-33(27(22)34)19-5-2-1-3-6-19/h1-3,5-6,9-15,20,24H,4,7-8H2,(H,35,36)/b22-14-/t20-,24-/m0/s1. The number of rotatable bonds is 4. The maximum Gasteiger partial charge on any atom is 0.357 e. The molecule has 6 nitrogen and oxygen atoms in total. The molecule has 3 aromatic carbocycles. The molecule has 0 saturated heterocycles. The summed E-state index contributed by atoms with van der Waals surface area (Å²) in [5.41, 5.74) is 4.63. The highest BCUT2D eigenvalue weighted by Crippen LogP contribution is 2.55. The average Bonchev–Trinajstić information content (AvgIpc) is 3.55. The fourth-order valence-electron chi connectivity index (χ4n) is 5.58. The van der Waals surface area contributed by atoms with E-state index in [1.165, 1.54) is 5.56 Å². The van der Waals surface area contributed by atoms with Crippen molar-refractivity contribution in [3.05, 3.63) is 92.4 Å². The number of carbonyl (C=O) groups excluding carboxylic acids is 1. The molecule has 3 aromatic rings. The third kappa shape index (κ3) is 3.79. The van der Waals surface area contributed by atoms with Crippen molar-refractivity contribution in [1.29, 1.82) is 0 Å². The van der Waals surface area contributed by atoms with Crippen LogP contribution < -0.4 is 9.91 Å². The van der Waals surface area contributed by atoms with Gasteiger partial charge in [0.25, 0.3) is 5.91 Å². The minimum absolute atomic E-state index is 0.0731. The fraction of sp³-hybridized carbons (Fsp3) is 0.179. The smallest absolute Gasteiger partial charge is 0.357 e. The van der Waals surface area contributed by atoms with Crippen LogP contribution in [0.25, 0.3) is 6.08 Å². The van der Waals surface area contributed by atoms with Crippen LogP contribution in [0.1, 0.15) is 36.3 Å². The summed E-state index contributed by atoms with van der Waals surface area (Å²) in [7, 11) is 0. The van der Waals surface area contributed by atoms with Gasteiger partial charge in [-0.2, -0.15) is 10.1 Å². The molecule has 1 amide bonds. The summed E-state index contributed by atoms with van der Waals surface area (Å²) >= 11 is 7.32. The van der Waals surface area contributed by atoms with Crippen LogP contribution >= 0.6 is 31.9 Å². The number of fused-ring (bicyclic) bond motifs is 3. The maximum atomic E-state index is 13.2. The predicted molar refractivity (Wildman–Crippen MR) is 148 cm³/mol. The lowest BCUT2D eigenvalue weighted by Gasteiger charge is -2.28.